The zero-order valence-electron chi connectivity index (χ0n) is 21.2. The number of fused-ring (bicyclic) bond motifs is 1. The van der Waals surface area contributed by atoms with Gasteiger partial charge in [-0.1, -0.05) is 6.07 Å². The molecule has 0 bridgehead atoms. The first kappa shape index (κ1) is 29.1. The zero-order chi connectivity index (χ0) is 30.9. The topological polar surface area (TPSA) is 258 Å². The Morgan fingerprint density at radius 2 is 1.24 bits per heavy atom. The Morgan fingerprint density at radius 1 is 0.667 bits per heavy atom. The number of hydrogen-bond donors (Lipinski definition) is 11. The molecule has 14 nitrogen and oxygen atoms in total. The van der Waals surface area contributed by atoms with Gasteiger partial charge in [-0.25, -0.2) is 4.79 Å². The Morgan fingerprint density at radius 3 is 1.83 bits per heavy atom. The molecule has 1 aliphatic rings. The summed E-state index contributed by atoms with van der Waals surface area (Å²) >= 11 is 0. The number of aliphatic hydroxyl groups is 1. The van der Waals surface area contributed by atoms with E-state index in [2.05, 4.69) is 0 Å². The first-order valence-corrected chi connectivity index (χ1v) is 11.9. The second-order valence-electron chi connectivity index (χ2n) is 9.07. The van der Waals surface area contributed by atoms with Crippen LogP contribution in [0.1, 0.15) is 27.6 Å². The predicted octanol–water partition coefficient (Wildman–Crippen LogP) is 2.69. The van der Waals surface area contributed by atoms with E-state index in [4.69, 9.17) is 19.7 Å². The molecule has 220 valence electrons. The third-order valence-corrected chi connectivity index (χ3v) is 6.05. The summed E-state index contributed by atoms with van der Waals surface area (Å²) < 4.78 is 10.3. The van der Waals surface area contributed by atoms with Crippen molar-refractivity contribution in [2.24, 2.45) is 0 Å². The van der Waals surface area contributed by atoms with Crippen molar-refractivity contribution in [3.05, 3.63) is 71.3 Å². The van der Waals surface area contributed by atoms with E-state index >= 15 is 0 Å². The predicted molar refractivity (Wildman–Crippen MR) is 140 cm³/mol. The van der Waals surface area contributed by atoms with Gasteiger partial charge in [0.15, 0.2) is 40.2 Å². The molecule has 1 heterocycles. The summed E-state index contributed by atoms with van der Waals surface area (Å²) in [6.07, 6.45) is -1.56. The van der Waals surface area contributed by atoms with Gasteiger partial charge in [-0.2, -0.15) is 0 Å². The van der Waals surface area contributed by atoms with Gasteiger partial charge in [-0.3, -0.25) is 0 Å². The maximum Gasteiger partial charge on any atom is 0.344 e. The van der Waals surface area contributed by atoms with Crippen LogP contribution in [-0.2, 0) is 6.42 Å². The van der Waals surface area contributed by atoms with Crippen LogP contribution < -0.4 is 9.47 Å². The quantitative estimate of drug-likeness (QED) is 0.0940. The SMILES string of the molecule is O=C(Oc1c(O)cc(O)cc1O)c1cc(O)c(O)c(O)c1.Oc1cc(O)c2c(c1)O[C@H](c1ccc(O)c(O)c1)[C@@H](O)C2. The van der Waals surface area contributed by atoms with Crippen LogP contribution in [0.4, 0.5) is 0 Å². The number of rotatable bonds is 3. The standard InChI is InChI=1S/C15H14O6.C13H10O8/c16-8-4-11(18)9-6-13(20)15(21-14(9)5-8)7-1-2-10(17)12(19)3-7;14-6-3-9(17)12(10(18)4-6)21-13(20)5-1-7(15)11(19)8(16)2-5/h1-5,13,15-20H,6H2;1-4,14-19H/t13-,15+;/m0./s1. The number of carbonyl (C=O) groups is 1. The Kier molecular flexibility index (Phi) is 7.83. The second-order valence-corrected chi connectivity index (χ2v) is 9.07. The minimum absolute atomic E-state index is 0.143. The number of esters is 1. The molecule has 4 aromatic carbocycles. The maximum atomic E-state index is 11.8. The van der Waals surface area contributed by atoms with Crippen molar-refractivity contribution < 1.29 is 70.4 Å². The Bertz CT molecular complexity index is 1620. The molecule has 0 spiro atoms. The fourth-order valence-electron chi connectivity index (χ4n) is 4.03. The molecule has 0 fully saturated rings. The Balaban J connectivity index is 0.000000193. The molecule has 5 rings (SSSR count). The van der Waals surface area contributed by atoms with E-state index in [1.807, 2.05) is 0 Å². The highest BCUT2D eigenvalue weighted by Gasteiger charge is 2.32. The lowest BCUT2D eigenvalue weighted by Gasteiger charge is -2.31. The molecule has 2 atom stereocenters. The lowest BCUT2D eigenvalue weighted by molar-refractivity contribution is 0.0197. The highest BCUT2D eigenvalue weighted by molar-refractivity contribution is 5.93. The van der Waals surface area contributed by atoms with Crippen molar-refractivity contribution in [2.75, 3.05) is 0 Å². The normalized spacial score (nSPS) is 15.5. The van der Waals surface area contributed by atoms with Gasteiger partial charge in [0.25, 0.3) is 0 Å². The molecular weight excluding hydrogens is 560 g/mol. The van der Waals surface area contributed by atoms with Crippen LogP contribution in [0.3, 0.4) is 0 Å². The average Bonchev–Trinajstić information content (AvgIpc) is 2.91. The minimum atomic E-state index is -1.13. The van der Waals surface area contributed by atoms with Crippen LogP contribution in [0.25, 0.3) is 0 Å². The summed E-state index contributed by atoms with van der Waals surface area (Å²) in [5.74, 6) is -6.44. The number of hydrogen-bond acceptors (Lipinski definition) is 14. The first-order chi connectivity index (χ1) is 19.7. The zero-order valence-corrected chi connectivity index (χ0v) is 21.2. The van der Waals surface area contributed by atoms with Crippen LogP contribution in [0.15, 0.2) is 54.6 Å². The molecular formula is C28H24O14. The molecule has 42 heavy (non-hydrogen) atoms. The van der Waals surface area contributed by atoms with Gasteiger partial charge in [-0.15, -0.1) is 0 Å². The van der Waals surface area contributed by atoms with E-state index in [0.29, 0.717) is 11.1 Å². The van der Waals surface area contributed by atoms with Crippen LogP contribution in [0, 0.1) is 0 Å². The largest absolute Gasteiger partial charge is 0.508 e. The summed E-state index contributed by atoms with van der Waals surface area (Å²) in [4.78, 5) is 11.8. The highest BCUT2D eigenvalue weighted by atomic mass is 16.5. The van der Waals surface area contributed by atoms with Crippen LogP contribution >= 0.6 is 0 Å². The Hall–Kier alpha value is -5.89. The minimum Gasteiger partial charge on any atom is -0.508 e. The molecule has 1 aliphatic heterocycles. The first-order valence-electron chi connectivity index (χ1n) is 11.9. The fraction of sp³-hybridized carbons (Fsp3) is 0.107. The van der Waals surface area contributed by atoms with Gasteiger partial charge in [0, 0.05) is 36.2 Å². The molecule has 14 heteroatoms. The number of phenolic OH excluding ortho intramolecular Hbond substituents is 10. The van der Waals surface area contributed by atoms with Crippen molar-refractivity contribution in [2.45, 2.75) is 18.6 Å². The fourth-order valence-corrected chi connectivity index (χ4v) is 4.03. The smallest absolute Gasteiger partial charge is 0.344 e. The third kappa shape index (κ3) is 5.97. The summed E-state index contributed by atoms with van der Waals surface area (Å²) in [7, 11) is 0. The number of phenols is 10. The van der Waals surface area contributed by atoms with Gasteiger partial charge in [-0.05, 0) is 29.8 Å². The molecule has 4 aromatic rings. The maximum absolute atomic E-state index is 11.8. The number of carbonyl (C=O) groups excluding carboxylic acids is 1. The van der Waals surface area contributed by atoms with Crippen LogP contribution in [0.5, 0.6) is 69.0 Å². The van der Waals surface area contributed by atoms with E-state index in [-0.39, 0.29) is 40.7 Å². The molecule has 0 amide bonds. The average molecular weight is 584 g/mol. The van der Waals surface area contributed by atoms with Gasteiger partial charge >= 0.3 is 5.97 Å². The van der Waals surface area contributed by atoms with E-state index < -0.39 is 58.4 Å². The van der Waals surface area contributed by atoms with Crippen LogP contribution in [-0.4, -0.2) is 68.2 Å². The highest BCUT2D eigenvalue weighted by Crippen LogP contribution is 2.43. The lowest BCUT2D eigenvalue weighted by atomic mass is 9.94. The van der Waals surface area contributed by atoms with Crippen molar-refractivity contribution in [3.8, 4) is 69.0 Å². The van der Waals surface area contributed by atoms with Crippen molar-refractivity contribution in [1.82, 2.24) is 0 Å². The molecule has 0 aromatic heterocycles. The molecule has 0 aliphatic carbocycles. The molecule has 0 radical (unpaired) electrons. The van der Waals surface area contributed by atoms with Gasteiger partial charge in [0.2, 0.25) is 5.75 Å². The van der Waals surface area contributed by atoms with E-state index in [1.165, 1.54) is 30.3 Å². The monoisotopic (exact) mass is 584 g/mol. The molecule has 0 saturated heterocycles. The number of ether oxygens (including phenoxy) is 2. The second kappa shape index (κ2) is 11.3. The van der Waals surface area contributed by atoms with E-state index in [1.54, 1.807) is 0 Å². The van der Waals surface area contributed by atoms with Crippen molar-refractivity contribution in [1.29, 1.82) is 0 Å². The van der Waals surface area contributed by atoms with Gasteiger partial charge in [0.1, 0.15) is 29.1 Å². The molecule has 0 saturated carbocycles. The lowest BCUT2D eigenvalue weighted by Crippen LogP contribution is -2.30. The summed E-state index contributed by atoms with van der Waals surface area (Å²) in [5, 5.41) is 104. The van der Waals surface area contributed by atoms with E-state index in [0.717, 1.165) is 24.3 Å². The summed E-state index contributed by atoms with van der Waals surface area (Å²) in [6, 6.07) is 10.00. The van der Waals surface area contributed by atoms with Crippen molar-refractivity contribution in [3.63, 3.8) is 0 Å². The molecule has 11 N–H and O–H groups in total. The van der Waals surface area contributed by atoms with Gasteiger partial charge < -0.3 is 65.6 Å². The number of benzene rings is 4. The third-order valence-electron chi connectivity index (χ3n) is 6.05. The summed E-state index contributed by atoms with van der Waals surface area (Å²) in [5.41, 5.74) is 0.556. The number of aliphatic hydroxyl groups excluding tert-OH is 1. The number of aromatic hydroxyl groups is 10. The summed E-state index contributed by atoms with van der Waals surface area (Å²) in [6.45, 7) is 0. The van der Waals surface area contributed by atoms with E-state index in [9.17, 15) is 50.8 Å². The Labute approximate surface area is 235 Å². The van der Waals surface area contributed by atoms with Crippen molar-refractivity contribution >= 4 is 5.97 Å². The van der Waals surface area contributed by atoms with Crippen LogP contribution in [0.2, 0.25) is 0 Å². The van der Waals surface area contributed by atoms with Gasteiger partial charge in [0.05, 0.1) is 11.7 Å². The molecule has 0 unspecified atom stereocenters.